The van der Waals surface area contributed by atoms with Crippen LogP contribution in [0, 0.1) is 0 Å². The minimum Gasteiger partial charge on any atom is -0.395 e. The van der Waals surface area contributed by atoms with Crippen LogP contribution in [0.25, 0.3) is 0 Å². The smallest absolute Gasteiger partial charge is 0.395 e. The fraction of sp³-hybridized carbons (Fsp3) is 0.333. The first-order valence-electron chi connectivity index (χ1n) is 5.46. The SMILES string of the molecule is O=C(Cl)Cc1cccc(C2=NOCC2)c1C(F)(F)F. The number of halogens is 4. The van der Waals surface area contributed by atoms with Gasteiger partial charge in [-0.2, -0.15) is 13.2 Å². The van der Waals surface area contributed by atoms with E-state index in [9.17, 15) is 18.0 Å². The van der Waals surface area contributed by atoms with Crippen LogP contribution in [0.15, 0.2) is 23.4 Å². The number of oxime groups is 1. The highest BCUT2D eigenvalue weighted by Gasteiger charge is 2.37. The summed E-state index contributed by atoms with van der Waals surface area (Å²) in [7, 11) is 0. The van der Waals surface area contributed by atoms with Crippen LogP contribution >= 0.6 is 11.6 Å². The number of hydrogen-bond donors (Lipinski definition) is 0. The molecule has 2 rings (SSSR count). The number of rotatable bonds is 3. The highest BCUT2D eigenvalue weighted by atomic mass is 35.5. The summed E-state index contributed by atoms with van der Waals surface area (Å²) in [5.74, 6) is 0. The zero-order valence-corrected chi connectivity index (χ0v) is 10.4. The average Bonchev–Trinajstić information content (AvgIpc) is 2.79. The quantitative estimate of drug-likeness (QED) is 0.803. The van der Waals surface area contributed by atoms with Gasteiger partial charge in [-0.25, -0.2) is 0 Å². The third-order valence-corrected chi connectivity index (χ3v) is 2.81. The molecule has 0 aromatic heterocycles. The highest BCUT2D eigenvalue weighted by molar-refractivity contribution is 6.63. The fourth-order valence-electron chi connectivity index (χ4n) is 1.97. The van der Waals surface area contributed by atoms with Crippen molar-refractivity contribution < 1.29 is 22.8 Å². The Hall–Kier alpha value is -1.56. The second-order valence-electron chi connectivity index (χ2n) is 3.99. The van der Waals surface area contributed by atoms with E-state index in [1.54, 1.807) is 0 Å². The van der Waals surface area contributed by atoms with Gasteiger partial charge in [0.25, 0.3) is 0 Å². The maximum atomic E-state index is 13.2. The van der Waals surface area contributed by atoms with E-state index < -0.39 is 23.4 Å². The third kappa shape index (κ3) is 3.07. The van der Waals surface area contributed by atoms with Gasteiger partial charge in [-0.3, -0.25) is 4.79 Å². The minimum atomic E-state index is -4.58. The number of carbonyl (C=O) groups is 1. The van der Waals surface area contributed by atoms with Crippen molar-refractivity contribution in [3.05, 3.63) is 34.9 Å². The number of carbonyl (C=O) groups excluding carboxylic acids is 1. The van der Waals surface area contributed by atoms with Crippen molar-refractivity contribution in [2.75, 3.05) is 6.61 Å². The molecule has 19 heavy (non-hydrogen) atoms. The molecule has 7 heteroatoms. The molecule has 0 unspecified atom stereocenters. The lowest BCUT2D eigenvalue weighted by Crippen LogP contribution is -2.17. The molecule has 3 nitrogen and oxygen atoms in total. The molecule has 1 aliphatic heterocycles. The number of hydrogen-bond acceptors (Lipinski definition) is 3. The molecule has 0 saturated heterocycles. The van der Waals surface area contributed by atoms with Gasteiger partial charge >= 0.3 is 6.18 Å². The van der Waals surface area contributed by atoms with Gasteiger partial charge in [0.05, 0.1) is 11.3 Å². The largest absolute Gasteiger partial charge is 0.417 e. The fourth-order valence-corrected chi connectivity index (χ4v) is 2.11. The van der Waals surface area contributed by atoms with Crippen molar-refractivity contribution >= 4 is 22.6 Å². The molecule has 0 N–H and O–H groups in total. The summed E-state index contributed by atoms with van der Waals surface area (Å²) in [4.78, 5) is 15.6. The lowest BCUT2D eigenvalue weighted by molar-refractivity contribution is -0.138. The van der Waals surface area contributed by atoms with Crippen LogP contribution in [0.4, 0.5) is 13.2 Å². The molecule has 0 spiro atoms. The lowest BCUT2D eigenvalue weighted by Gasteiger charge is -2.16. The average molecular weight is 292 g/mol. The molecule has 102 valence electrons. The molecule has 0 bridgehead atoms. The Morgan fingerprint density at radius 3 is 2.68 bits per heavy atom. The normalized spacial score (nSPS) is 15.1. The van der Waals surface area contributed by atoms with Crippen LogP contribution < -0.4 is 0 Å². The van der Waals surface area contributed by atoms with Crippen molar-refractivity contribution in [2.24, 2.45) is 5.16 Å². The topological polar surface area (TPSA) is 38.7 Å². The molecule has 1 aromatic carbocycles. The molecule has 0 aliphatic carbocycles. The van der Waals surface area contributed by atoms with E-state index in [1.807, 2.05) is 0 Å². The molecule has 1 aromatic rings. The van der Waals surface area contributed by atoms with Crippen molar-refractivity contribution in [2.45, 2.75) is 19.0 Å². The van der Waals surface area contributed by atoms with E-state index >= 15 is 0 Å². The summed E-state index contributed by atoms with van der Waals surface area (Å²) in [5, 5.41) is 2.76. The van der Waals surface area contributed by atoms with Crippen LogP contribution in [-0.4, -0.2) is 17.6 Å². The molecule has 1 heterocycles. The van der Waals surface area contributed by atoms with Crippen LogP contribution in [0.3, 0.4) is 0 Å². The van der Waals surface area contributed by atoms with Gasteiger partial charge in [0, 0.05) is 18.4 Å². The Morgan fingerprint density at radius 2 is 2.16 bits per heavy atom. The second-order valence-corrected chi connectivity index (χ2v) is 4.41. The standard InChI is InChI=1S/C12H9ClF3NO2/c13-10(18)6-7-2-1-3-8(9-4-5-19-17-9)11(7)12(14,15)16/h1-3H,4-6H2. The summed E-state index contributed by atoms with van der Waals surface area (Å²) < 4.78 is 39.5. The second kappa shape index (κ2) is 5.21. The zero-order chi connectivity index (χ0) is 14.0. The van der Waals surface area contributed by atoms with Crippen LogP contribution in [0.5, 0.6) is 0 Å². The highest BCUT2D eigenvalue weighted by Crippen LogP contribution is 2.36. The van der Waals surface area contributed by atoms with E-state index in [4.69, 9.17) is 16.4 Å². The Morgan fingerprint density at radius 1 is 1.42 bits per heavy atom. The van der Waals surface area contributed by atoms with E-state index in [0.717, 1.165) is 0 Å². The Labute approximate surface area is 112 Å². The first-order chi connectivity index (χ1) is 8.89. The number of benzene rings is 1. The first kappa shape index (κ1) is 13.9. The summed E-state index contributed by atoms with van der Waals surface area (Å²) in [6.45, 7) is 0.255. The summed E-state index contributed by atoms with van der Waals surface area (Å²) >= 11 is 5.19. The Bertz CT molecular complexity index is 540. The van der Waals surface area contributed by atoms with E-state index in [-0.39, 0.29) is 23.4 Å². The first-order valence-corrected chi connectivity index (χ1v) is 5.84. The Balaban J connectivity index is 2.56. The maximum Gasteiger partial charge on any atom is 0.417 e. The van der Waals surface area contributed by atoms with Gasteiger partial charge in [-0.1, -0.05) is 23.4 Å². The van der Waals surface area contributed by atoms with Gasteiger partial charge in [0.2, 0.25) is 5.24 Å². The predicted octanol–water partition coefficient (Wildman–Crippen LogP) is 3.14. The molecule has 0 radical (unpaired) electrons. The van der Waals surface area contributed by atoms with Crippen molar-refractivity contribution in [1.82, 2.24) is 0 Å². The molecule has 0 saturated carbocycles. The van der Waals surface area contributed by atoms with Gasteiger partial charge in [-0.05, 0) is 17.2 Å². The van der Waals surface area contributed by atoms with Crippen LogP contribution in [0.2, 0.25) is 0 Å². The van der Waals surface area contributed by atoms with Crippen molar-refractivity contribution in [3.8, 4) is 0 Å². The molecule has 0 fully saturated rings. The Kier molecular flexibility index (Phi) is 3.80. The number of nitrogens with zero attached hydrogens (tertiary/aromatic N) is 1. The maximum absolute atomic E-state index is 13.2. The van der Waals surface area contributed by atoms with Gasteiger partial charge in [-0.15, -0.1) is 0 Å². The molecule has 0 atom stereocenters. The molecule has 1 aliphatic rings. The summed E-state index contributed by atoms with van der Waals surface area (Å²) in [5.41, 5.74) is -0.843. The monoisotopic (exact) mass is 291 g/mol. The molecular weight excluding hydrogens is 283 g/mol. The van der Waals surface area contributed by atoms with E-state index in [0.29, 0.717) is 6.42 Å². The predicted molar refractivity (Wildman–Crippen MR) is 63.1 cm³/mol. The van der Waals surface area contributed by atoms with Crippen LogP contribution in [0.1, 0.15) is 23.1 Å². The zero-order valence-electron chi connectivity index (χ0n) is 9.63. The lowest BCUT2D eigenvalue weighted by atomic mass is 9.94. The summed E-state index contributed by atoms with van der Waals surface area (Å²) in [6, 6.07) is 4.00. The third-order valence-electron chi connectivity index (χ3n) is 2.68. The van der Waals surface area contributed by atoms with Gasteiger partial charge < -0.3 is 4.84 Å². The summed E-state index contributed by atoms with van der Waals surface area (Å²) in [6.07, 6.45) is -4.75. The molecule has 0 amide bonds. The van der Waals surface area contributed by atoms with Crippen molar-refractivity contribution in [3.63, 3.8) is 0 Å². The van der Waals surface area contributed by atoms with Crippen molar-refractivity contribution in [1.29, 1.82) is 0 Å². The number of alkyl halides is 3. The minimum absolute atomic E-state index is 0.0552. The van der Waals surface area contributed by atoms with E-state index in [2.05, 4.69) is 5.16 Å². The molecular formula is C12H9ClF3NO2. The van der Waals surface area contributed by atoms with Crippen LogP contribution in [-0.2, 0) is 22.2 Å². The van der Waals surface area contributed by atoms with Gasteiger partial charge in [0.1, 0.15) is 6.61 Å². The van der Waals surface area contributed by atoms with Gasteiger partial charge in [0.15, 0.2) is 0 Å². The van der Waals surface area contributed by atoms with E-state index in [1.165, 1.54) is 18.2 Å².